The third-order valence-corrected chi connectivity index (χ3v) is 6.25. The normalized spacial score (nSPS) is 16.8. The average Bonchev–Trinajstić information content (AvgIpc) is 2.63. The van der Waals surface area contributed by atoms with Gasteiger partial charge in [-0.05, 0) is 42.9 Å². The first kappa shape index (κ1) is 26.8. The van der Waals surface area contributed by atoms with Crippen LogP contribution < -0.4 is 10.6 Å². The molecule has 172 valence electrons. The number of guanidine groups is 1. The van der Waals surface area contributed by atoms with Gasteiger partial charge in [-0.15, -0.1) is 24.0 Å². The standard InChI is InChI=1S/C17H23F5N4O2S.HI/c1-23-16(24-5-2-13-8-14(18)10-15(19)9-13)25-11-12-3-6-26(7-4-12)29(27,28)17(20,21)22;/h8-10,12H,2-7,11H2,1H3,(H2,23,24,25);1H. The Morgan fingerprint density at radius 3 is 2.20 bits per heavy atom. The van der Waals surface area contributed by atoms with E-state index in [1.54, 1.807) is 0 Å². The van der Waals surface area contributed by atoms with Crippen LogP contribution in [0.1, 0.15) is 18.4 Å². The summed E-state index contributed by atoms with van der Waals surface area (Å²) in [6, 6.07) is 3.27. The quantitative estimate of drug-likeness (QED) is 0.239. The first-order valence-corrected chi connectivity index (χ1v) is 10.4. The molecule has 1 heterocycles. The molecule has 1 aliphatic rings. The number of aliphatic imine (C=N–C) groups is 1. The smallest absolute Gasteiger partial charge is 0.356 e. The number of rotatable bonds is 6. The molecule has 2 N–H and O–H groups in total. The number of alkyl halides is 3. The zero-order chi connectivity index (χ0) is 21.7. The third kappa shape index (κ3) is 7.48. The summed E-state index contributed by atoms with van der Waals surface area (Å²) in [7, 11) is -3.74. The second-order valence-electron chi connectivity index (χ2n) is 6.70. The zero-order valence-corrected chi connectivity index (χ0v) is 19.3. The Morgan fingerprint density at radius 2 is 1.70 bits per heavy atom. The second kappa shape index (κ2) is 11.4. The van der Waals surface area contributed by atoms with Crippen molar-refractivity contribution in [1.82, 2.24) is 14.9 Å². The highest BCUT2D eigenvalue weighted by molar-refractivity contribution is 14.0. The molecule has 0 bridgehead atoms. The molecule has 0 unspecified atom stereocenters. The fourth-order valence-electron chi connectivity index (χ4n) is 3.04. The van der Waals surface area contributed by atoms with Crippen molar-refractivity contribution < 1.29 is 30.4 Å². The number of hydrogen-bond donors (Lipinski definition) is 2. The average molecular weight is 570 g/mol. The summed E-state index contributed by atoms with van der Waals surface area (Å²) < 4.78 is 87.4. The molecule has 1 aromatic carbocycles. The maximum Gasteiger partial charge on any atom is 0.511 e. The summed E-state index contributed by atoms with van der Waals surface area (Å²) in [5.41, 5.74) is -4.79. The van der Waals surface area contributed by atoms with E-state index >= 15 is 0 Å². The molecule has 1 aliphatic heterocycles. The van der Waals surface area contributed by atoms with Gasteiger partial charge in [0.15, 0.2) is 5.96 Å². The molecule has 0 aliphatic carbocycles. The van der Waals surface area contributed by atoms with Crippen LogP contribution in [0.2, 0.25) is 0 Å². The largest absolute Gasteiger partial charge is 0.511 e. The fourth-order valence-corrected chi connectivity index (χ4v) is 4.03. The summed E-state index contributed by atoms with van der Waals surface area (Å²) in [6.07, 6.45) is 0.951. The number of piperidine rings is 1. The maximum atomic E-state index is 13.2. The highest BCUT2D eigenvalue weighted by Gasteiger charge is 2.50. The predicted octanol–water partition coefficient (Wildman–Crippen LogP) is 2.85. The Labute approximate surface area is 189 Å². The highest BCUT2D eigenvalue weighted by atomic mass is 127. The molecule has 0 radical (unpaired) electrons. The third-order valence-electron chi connectivity index (χ3n) is 4.62. The van der Waals surface area contributed by atoms with Crippen LogP contribution in [0.5, 0.6) is 0 Å². The lowest BCUT2D eigenvalue weighted by molar-refractivity contribution is -0.0496. The molecule has 1 aromatic rings. The molecule has 0 amide bonds. The summed E-state index contributed by atoms with van der Waals surface area (Å²) in [5, 5.41) is 6.02. The van der Waals surface area contributed by atoms with Crippen LogP contribution in [0, 0.1) is 17.6 Å². The summed E-state index contributed by atoms with van der Waals surface area (Å²) in [5.74, 6) is -0.875. The molecule has 0 aromatic heterocycles. The van der Waals surface area contributed by atoms with Gasteiger partial charge in [0.05, 0.1) is 0 Å². The van der Waals surface area contributed by atoms with Gasteiger partial charge in [0.25, 0.3) is 0 Å². The molecule has 6 nitrogen and oxygen atoms in total. The molecule has 1 fully saturated rings. The predicted molar refractivity (Wildman–Crippen MR) is 114 cm³/mol. The van der Waals surface area contributed by atoms with E-state index in [1.165, 1.54) is 19.2 Å². The van der Waals surface area contributed by atoms with Crippen molar-refractivity contribution >= 4 is 40.0 Å². The first-order chi connectivity index (χ1) is 13.5. The zero-order valence-electron chi connectivity index (χ0n) is 16.2. The van der Waals surface area contributed by atoms with Crippen LogP contribution >= 0.6 is 24.0 Å². The minimum absolute atomic E-state index is 0. The number of benzene rings is 1. The molecule has 0 atom stereocenters. The van der Waals surface area contributed by atoms with Crippen LogP contribution in [0.25, 0.3) is 0 Å². The van der Waals surface area contributed by atoms with Crippen LogP contribution in [0.4, 0.5) is 22.0 Å². The number of sulfonamides is 1. The molecule has 2 rings (SSSR count). The topological polar surface area (TPSA) is 73.8 Å². The molecule has 0 spiro atoms. The van der Waals surface area contributed by atoms with Crippen molar-refractivity contribution in [2.24, 2.45) is 10.9 Å². The van der Waals surface area contributed by atoms with Gasteiger partial charge < -0.3 is 10.6 Å². The molecular formula is C17H24F5IN4O2S. The minimum atomic E-state index is -5.28. The van der Waals surface area contributed by atoms with Gasteiger partial charge >= 0.3 is 15.5 Å². The van der Waals surface area contributed by atoms with Gasteiger partial charge in [-0.1, -0.05) is 0 Å². The van der Waals surface area contributed by atoms with Crippen molar-refractivity contribution in [1.29, 1.82) is 0 Å². The number of nitrogens with zero attached hydrogens (tertiary/aromatic N) is 2. The lowest BCUT2D eigenvalue weighted by atomic mass is 9.98. The van der Waals surface area contributed by atoms with Crippen LogP contribution in [-0.2, 0) is 16.4 Å². The Morgan fingerprint density at radius 1 is 1.13 bits per heavy atom. The van der Waals surface area contributed by atoms with E-state index in [0.717, 1.165) is 6.07 Å². The van der Waals surface area contributed by atoms with Crippen LogP contribution in [0.3, 0.4) is 0 Å². The molecule has 13 heteroatoms. The van der Waals surface area contributed by atoms with Gasteiger partial charge in [0.1, 0.15) is 11.6 Å². The van der Waals surface area contributed by atoms with Crippen molar-refractivity contribution in [2.45, 2.75) is 24.8 Å². The van der Waals surface area contributed by atoms with Crippen molar-refractivity contribution in [3.63, 3.8) is 0 Å². The van der Waals surface area contributed by atoms with Gasteiger partial charge in [-0.3, -0.25) is 4.99 Å². The molecule has 30 heavy (non-hydrogen) atoms. The van der Waals surface area contributed by atoms with Crippen LogP contribution in [0.15, 0.2) is 23.2 Å². The summed E-state index contributed by atoms with van der Waals surface area (Å²) >= 11 is 0. The number of nitrogens with one attached hydrogen (secondary N) is 2. The van der Waals surface area contributed by atoms with Gasteiger partial charge in [-0.25, -0.2) is 17.2 Å². The van der Waals surface area contributed by atoms with E-state index in [4.69, 9.17) is 0 Å². The Balaban J connectivity index is 0.00000450. The summed E-state index contributed by atoms with van der Waals surface area (Å²) in [4.78, 5) is 4.02. The lowest BCUT2D eigenvalue weighted by Crippen LogP contribution is -2.47. The van der Waals surface area contributed by atoms with E-state index in [-0.39, 0.29) is 43.0 Å². The van der Waals surface area contributed by atoms with Gasteiger partial charge in [0.2, 0.25) is 0 Å². The Kier molecular flexibility index (Phi) is 10.2. The molecule has 1 saturated heterocycles. The van der Waals surface area contributed by atoms with E-state index in [1.807, 2.05) is 0 Å². The van der Waals surface area contributed by atoms with Crippen LogP contribution in [-0.4, -0.2) is 57.4 Å². The SMILES string of the molecule is CN=C(NCCc1cc(F)cc(F)c1)NCC1CCN(S(=O)(=O)C(F)(F)F)CC1.I. The maximum absolute atomic E-state index is 13.2. The Bertz CT molecular complexity index is 808. The summed E-state index contributed by atoms with van der Waals surface area (Å²) in [6.45, 7) is 0.399. The second-order valence-corrected chi connectivity index (χ2v) is 8.63. The van der Waals surface area contributed by atoms with E-state index in [9.17, 15) is 30.4 Å². The highest BCUT2D eigenvalue weighted by Crippen LogP contribution is 2.30. The van der Waals surface area contributed by atoms with E-state index in [2.05, 4.69) is 15.6 Å². The van der Waals surface area contributed by atoms with Crippen molar-refractivity contribution in [3.05, 3.63) is 35.4 Å². The lowest BCUT2D eigenvalue weighted by Gasteiger charge is -2.31. The van der Waals surface area contributed by atoms with Crippen molar-refractivity contribution in [3.8, 4) is 0 Å². The number of halogens is 6. The molecule has 0 saturated carbocycles. The van der Waals surface area contributed by atoms with Crippen molar-refractivity contribution in [2.75, 3.05) is 33.2 Å². The van der Waals surface area contributed by atoms with Gasteiger partial charge in [0, 0.05) is 39.3 Å². The fraction of sp³-hybridized carbons (Fsp3) is 0.588. The molecular weight excluding hydrogens is 546 g/mol. The van der Waals surface area contributed by atoms with E-state index < -0.39 is 27.2 Å². The Hall–Kier alpha value is -1.22. The number of hydrogen-bond acceptors (Lipinski definition) is 3. The monoisotopic (exact) mass is 570 g/mol. The minimum Gasteiger partial charge on any atom is -0.356 e. The first-order valence-electron chi connectivity index (χ1n) is 8.99. The van der Waals surface area contributed by atoms with Gasteiger partial charge in [-0.2, -0.15) is 17.5 Å². The van der Waals surface area contributed by atoms with E-state index in [0.29, 0.717) is 48.2 Å².